The zero-order chi connectivity index (χ0) is 14.1. The van der Waals surface area contributed by atoms with Crippen molar-refractivity contribution in [3.63, 3.8) is 0 Å². The molecule has 0 heterocycles. The predicted octanol–water partition coefficient (Wildman–Crippen LogP) is 5.31. The van der Waals surface area contributed by atoms with E-state index in [1.165, 1.54) is 44.2 Å². The number of rotatable bonds is 9. The van der Waals surface area contributed by atoms with Crippen LogP contribution in [0, 0.1) is 12.7 Å². The van der Waals surface area contributed by atoms with Gasteiger partial charge in [-0.05, 0) is 36.6 Å². The predicted molar refractivity (Wildman–Crippen MR) is 78.7 cm³/mol. The average Bonchev–Trinajstić information content (AvgIpc) is 2.40. The lowest BCUT2D eigenvalue weighted by Gasteiger charge is -2.13. The topological polar surface area (TPSA) is 20.2 Å². The summed E-state index contributed by atoms with van der Waals surface area (Å²) in [5, 5.41) is 10.1. The van der Waals surface area contributed by atoms with Crippen LogP contribution in [0.15, 0.2) is 18.2 Å². The minimum atomic E-state index is -0.522. The second-order valence-electron chi connectivity index (χ2n) is 5.43. The highest BCUT2D eigenvalue weighted by molar-refractivity contribution is 5.28. The minimum absolute atomic E-state index is 0.265. The quantitative estimate of drug-likeness (QED) is 0.601. The third-order valence-corrected chi connectivity index (χ3v) is 3.68. The van der Waals surface area contributed by atoms with Crippen molar-refractivity contribution in [1.29, 1.82) is 0 Å². The fraction of sp³-hybridized carbons (Fsp3) is 0.647. The summed E-state index contributed by atoms with van der Waals surface area (Å²) < 4.78 is 13.2. The zero-order valence-electron chi connectivity index (χ0n) is 12.3. The lowest BCUT2D eigenvalue weighted by atomic mass is 9.98. The van der Waals surface area contributed by atoms with Crippen LogP contribution in [-0.2, 0) is 0 Å². The third-order valence-electron chi connectivity index (χ3n) is 3.68. The van der Waals surface area contributed by atoms with Gasteiger partial charge in [0.1, 0.15) is 5.82 Å². The van der Waals surface area contributed by atoms with Gasteiger partial charge in [0.05, 0.1) is 6.10 Å². The first kappa shape index (κ1) is 16.2. The number of aliphatic hydroxyl groups is 1. The molecular formula is C17H27FO. The molecule has 1 atom stereocenters. The molecule has 0 aliphatic rings. The first-order valence-electron chi connectivity index (χ1n) is 7.59. The average molecular weight is 266 g/mol. The van der Waals surface area contributed by atoms with E-state index < -0.39 is 6.10 Å². The van der Waals surface area contributed by atoms with E-state index in [0.717, 1.165) is 30.4 Å². The van der Waals surface area contributed by atoms with Crippen molar-refractivity contribution >= 4 is 0 Å². The van der Waals surface area contributed by atoms with Crippen molar-refractivity contribution in [1.82, 2.24) is 0 Å². The summed E-state index contributed by atoms with van der Waals surface area (Å²) in [6, 6.07) is 4.64. The van der Waals surface area contributed by atoms with Gasteiger partial charge in [0.2, 0.25) is 0 Å². The number of aryl methyl sites for hydroxylation is 1. The second-order valence-corrected chi connectivity index (χ2v) is 5.43. The van der Waals surface area contributed by atoms with Gasteiger partial charge in [0, 0.05) is 0 Å². The van der Waals surface area contributed by atoms with Crippen LogP contribution in [0.3, 0.4) is 0 Å². The van der Waals surface area contributed by atoms with Gasteiger partial charge in [-0.2, -0.15) is 0 Å². The van der Waals surface area contributed by atoms with Crippen LogP contribution in [0.1, 0.15) is 75.5 Å². The minimum Gasteiger partial charge on any atom is -0.388 e. The fourth-order valence-electron chi connectivity index (χ4n) is 2.42. The molecule has 0 aliphatic heterocycles. The lowest BCUT2D eigenvalue weighted by Crippen LogP contribution is -2.01. The molecule has 1 unspecified atom stereocenters. The summed E-state index contributed by atoms with van der Waals surface area (Å²) in [5.41, 5.74) is 1.71. The molecule has 0 saturated carbocycles. The lowest BCUT2D eigenvalue weighted by molar-refractivity contribution is 0.162. The van der Waals surface area contributed by atoms with E-state index in [0.29, 0.717) is 0 Å². The van der Waals surface area contributed by atoms with Crippen molar-refractivity contribution in [2.75, 3.05) is 0 Å². The molecule has 1 aromatic rings. The Kier molecular flexibility index (Phi) is 7.73. The van der Waals surface area contributed by atoms with E-state index in [2.05, 4.69) is 6.92 Å². The highest BCUT2D eigenvalue weighted by Gasteiger charge is 2.10. The van der Waals surface area contributed by atoms with Crippen molar-refractivity contribution in [2.24, 2.45) is 0 Å². The number of hydrogen-bond acceptors (Lipinski definition) is 1. The van der Waals surface area contributed by atoms with E-state index in [-0.39, 0.29) is 5.82 Å². The van der Waals surface area contributed by atoms with Crippen molar-refractivity contribution < 1.29 is 9.50 Å². The number of benzene rings is 1. The van der Waals surface area contributed by atoms with Crippen LogP contribution in [0.25, 0.3) is 0 Å². The van der Waals surface area contributed by atoms with Gasteiger partial charge >= 0.3 is 0 Å². The number of aliphatic hydroxyl groups excluding tert-OH is 1. The SMILES string of the molecule is CCCCCCCCCC(O)c1cc(F)ccc1C. The molecule has 0 saturated heterocycles. The van der Waals surface area contributed by atoms with Crippen molar-refractivity contribution in [3.8, 4) is 0 Å². The Labute approximate surface area is 116 Å². The van der Waals surface area contributed by atoms with Crippen LogP contribution in [0.2, 0.25) is 0 Å². The van der Waals surface area contributed by atoms with Gasteiger partial charge in [-0.25, -0.2) is 4.39 Å². The second kappa shape index (κ2) is 9.08. The number of halogens is 1. The summed E-state index contributed by atoms with van der Waals surface area (Å²) in [7, 11) is 0. The Balaban J connectivity index is 2.23. The van der Waals surface area contributed by atoms with Crippen LogP contribution in [0.4, 0.5) is 4.39 Å². The molecule has 0 fully saturated rings. The molecular weight excluding hydrogens is 239 g/mol. The zero-order valence-corrected chi connectivity index (χ0v) is 12.3. The first-order chi connectivity index (χ1) is 9.15. The summed E-state index contributed by atoms with van der Waals surface area (Å²) >= 11 is 0. The Morgan fingerprint density at radius 3 is 2.37 bits per heavy atom. The molecule has 0 aromatic heterocycles. The van der Waals surface area contributed by atoms with E-state index in [1.54, 1.807) is 6.07 Å². The van der Waals surface area contributed by atoms with Crippen molar-refractivity contribution in [3.05, 3.63) is 35.1 Å². The Hall–Kier alpha value is -0.890. The largest absolute Gasteiger partial charge is 0.388 e. The van der Waals surface area contributed by atoms with Crippen LogP contribution in [0.5, 0.6) is 0 Å². The van der Waals surface area contributed by atoms with E-state index in [4.69, 9.17) is 0 Å². The molecule has 0 amide bonds. The molecule has 0 aliphatic carbocycles. The maximum Gasteiger partial charge on any atom is 0.123 e. The van der Waals surface area contributed by atoms with E-state index in [1.807, 2.05) is 6.92 Å². The molecule has 0 spiro atoms. The van der Waals surface area contributed by atoms with E-state index in [9.17, 15) is 9.50 Å². The third kappa shape index (κ3) is 6.20. The molecule has 19 heavy (non-hydrogen) atoms. The van der Waals surface area contributed by atoms with Crippen LogP contribution >= 0.6 is 0 Å². The molecule has 108 valence electrons. The van der Waals surface area contributed by atoms with Gasteiger partial charge in [-0.15, -0.1) is 0 Å². The highest BCUT2D eigenvalue weighted by atomic mass is 19.1. The van der Waals surface area contributed by atoms with Gasteiger partial charge < -0.3 is 5.11 Å². The summed E-state index contributed by atoms with van der Waals surface area (Å²) in [6.07, 6.45) is 8.85. The monoisotopic (exact) mass is 266 g/mol. The Morgan fingerprint density at radius 1 is 1.05 bits per heavy atom. The van der Waals surface area contributed by atoms with Crippen LogP contribution in [-0.4, -0.2) is 5.11 Å². The molecule has 1 rings (SSSR count). The highest BCUT2D eigenvalue weighted by Crippen LogP contribution is 2.24. The van der Waals surface area contributed by atoms with Gasteiger partial charge in [0.15, 0.2) is 0 Å². The first-order valence-corrected chi connectivity index (χ1v) is 7.59. The molecule has 0 radical (unpaired) electrons. The molecule has 1 aromatic carbocycles. The Bertz CT molecular complexity index is 362. The van der Waals surface area contributed by atoms with Gasteiger partial charge in [-0.3, -0.25) is 0 Å². The summed E-state index contributed by atoms with van der Waals surface area (Å²) in [5.74, 6) is -0.265. The van der Waals surface area contributed by atoms with E-state index >= 15 is 0 Å². The van der Waals surface area contributed by atoms with Crippen molar-refractivity contribution in [2.45, 2.75) is 71.3 Å². The summed E-state index contributed by atoms with van der Waals surface area (Å²) in [4.78, 5) is 0. The van der Waals surface area contributed by atoms with Crippen LogP contribution < -0.4 is 0 Å². The number of unbranched alkanes of at least 4 members (excludes halogenated alkanes) is 6. The molecule has 2 heteroatoms. The molecule has 0 bridgehead atoms. The Morgan fingerprint density at radius 2 is 1.68 bits per heavy atom. The maximum absolute atomic E-state index is 13.2. The number of hydrogen-bond donors (Lipinski definition) is 1. The van der Waals surface area contributed by atoms with Gasteiger partial charge in [-0.1, -0.05) is 57.9 Å². The smallest absolute Gasteiger partial charge is 0.123 e. The normalized spacial score (nSPS) is 12.6. The van der Waals surface area contributed by atoms with Gasteiger partial charge in [0.25, 0.3) is 0 Å². The fourth-order valence-corrected chi connectivity index (χ4v) is 2.42. The summed E-state index contributed by atoms with van der Waals surface area (Å²) in [6.45, 7) is 4.14. The maximum atomic E-state index is 13.2. The molecule has 1 N–H and O–H groups in total. The molecule has 1 nitrogen and oxygen atoms in total. The standard InChI is InChI=1S/C17H27FO/c1-3-4-5-6-7-8-9-10-17(19)16-13-15(18)12-11-14(16)2/h11-13,17,19H,3-10H2,1-2H3.